The zero-order valence-corrected chi connectivity index (χ0v) is 12.6. The molecule has 0 aliphatic heterocycles. The van der Waals surface area contributed by atoms with E-state index < -0.39 is 10.0 Å². The number of anilines is 2. The molecule has 0 aliphatic rings. The normalized spacial score (nSPS) is 11.3. The van der Waals surface area contributed by atoms with E-state index in [1.54, 1.807) is 24.3 Å². The van der Waals surface area contributed by atoms with Crippen LogP contribution in [0.4, 0.5) is 11.4 Å². The van der Waals surface area contributed by atoms with Crippen molar-refractivity contribution in [1.82, 2.24) is 0 Å². The topological polar surface area (TPSA) is 72.2 Å². The first-order valence-electron chi connectivity index (χ1n) is 5.66. The molecule has 0 radical (unpaired) electrons. The summed E-state index contributed by atoms with van der Waals surface area (Å²) in [4.78, 5) is 0. The van der Waals surface area contributed by atoms with Crippen molar-refractivity contribution in [2.45, 2.75) is 5.75 Å². The fraction of sp³-hybridized carbons (Fsp3) is 0.0769. The van der Waals surface area contributed by atoms with Crippen molar-refractivity contribution in [2.75, 3.05) is 10.5 Å². The molecule has 0 heterocycles. The zero-order valence-electron chi connectivity index (χ0n) is 10.3. The molecule has 2 aromatic carbocycles. The number of hydrogen-bond donors (Lipinski definition) is 2. The van der Waals surface area contributed by atoms with Gasteiger partial charge in [0, 0.05) is 15.7 Å². The maximum Gasteiger partial charge on any atom is 0.236 e. The van der Waals surface area contributed by atoms with Gasteiger partial charge in [0.1, 0.15) is 0 Å². The lowest BCUT2D eigenvalue weighted by atomic mass is 10.2. The van der Waals surface area contributed by atoms with Crippen LogP contribution in [0.2, 0.25) is 10.0 Å². The van der Waals surface area contributed by atoms with Gasteiger partial charge in [-0.3, -0.25) is 4.72 Å². The Morgan fingerprint density at radius 2 is 1.65 bits per heavy atom. The predicted molar refractivity (Wildman–Crippen MR) is 83.6 cm³/mol. The Kier molecular flexibility index (Phi) is 4.42. The summed E-state index contributed by atoms with van der Waals surface area (Å²) in [5.74, 6) is -0.218. The molecule has 0 saturated carbocycles. The highest BCUT2D eigenvalue weighted by Crippen LogP contribution is 2.24. The van der Waals surface area contributed by atoms with Crippen LogP contribution in [-0.2, 0) is 15.8 Å². The molecule has 0 aromatic heterocycles. The Balaban J connectivity index is 2.21. The van der Waals surface area contributed by atoms with Gasteiger partial charge in [0.2, 0.25) is 10.0 Å². The van der Waals surface area contributed by atoms with E-state index in [1.165, 1.54) is 18.2 Å². The number of sulfonamides is 1. The largest absolute Gasteiger partial charge is 0.398 e. The quantitative estimate of drug-likeness (QED) is 0.842. The Bertz CT molecular complexity index is 713. The van der Waals surface area contributed by atoms with E-state index in [1.807, 2.05) is 0 Å². The molecule has 0 aliphatic carbocycles. The Hall–Kier alpha value is -1.43. The van der Waals surface area contributed by atoms with E-state index in [0.29, 0.717) is 27.0 Å². The fourth-order valence-corrected chi connectivity index (χ4v) is 3.45. The lowest BCUT2D eigenvalue weighted by molar-refractivity contribution is 0.600. The summed E-state index contributed by atoms with van der Waals surface area (Å²) in [7, 11) is -3.59. The van der Waals surface area contributed by atoms with E-state index in [0.717, 1.165) is 0 Å². The smallest absolute Gasteiger partial charge is 0.236 e. The second-order valence-corrected chi connectivity index (χ2v) is 6.81. The summed E-state index contributed by atoms with van der Waals surface area (Å²) in [5, 5.41) is 0.712. The standard InChI is InChI=1S/C13H12Cl2N2O2S/c14-10-5-11(15)7-12(6-10)17-20(18,19)8-9-3-1-2-4-13(9)16/h1-7,17H,8,16H2. The second kappa shape index (κ2) is 5.91. The van der Waals surface area contributed by atoms with E-state index in [2.05, 4.69) is 4.72 Å². The van der Waals surface area contributed by atoms with Crippen LogP contribution < -0.4 is 10.5 Å². The van der Waals surface area contributed by atoms with Gasteiger partial charge >= 0.3 is 0 Å². The van der Waals surface area contributed by atoms with Crippen molar-refractivity contribution in [2.24, 2.45) is 0 Å². The second-order valence-electron chi connectivity index (χ2n) is 4.22. The minimum absolute atomic E-state index is 0.218. The van der Waals surface area contributed by atoms with Gasteiger partial charge in [-0.1, -0.05) is 41.4 Å². The van der Waals surface area contributed by atoms with Crippen LogP contribution in [-0.4, -0.2) is 8.42 Å². The van der Waals surface area contributed by atoms with Crippen LogP contribution in [0.25, 0.3) is 0 Å². The summed E-state index contributed by atoms with van der Waals surface area (Å²) in [6.07, 6.45) is 0. The van der Waals surface area contributed by atoms with Gasteiger partial charge in [0.15, 0.2) is 0 Å². The SMILES string of the molecule is Nc1ccccc1CS(=O)(=O)Nc1cc(Cl)cc(Cl)c1. The molecule has 3 N–H and O–H groups in total. The van der Waals surface area contributed by atoms with Gasteiger partial charge in [-0.05, 0) is 29.8 Å². The van der Waals surface area contributed by atoms with E-state index in [4.69, 9.17) is 28.9 Å². The van der Waals surface area contributed by atoms with Crippen molar-refractivity contribution >= 4 is 44.6 Å². The highest BCUT2D eigenvalue weighted by Gasteiger charge is 2.14. The Labute approximate surface area is 127 Å². The highest BCUT2D eigenvalue weighted by atomic mass is 35.5. The molecule has 0 atom stereocenters. The lowest BCUT2D eigenvalue weighted by Crippen LogP contribution is -2.15. The molecule has 106 valence electrons. The molecule has 0 bridgehead atoms. The molecule has 7 heteroatoms. The maximum absolute atomic E-state index is 12.1. The Morgan fingerprint density at radius 3 is 2.25 bits per heavy atom. The van der Waals surface area contributed by atoms with Gasteiger partial charge in [-0.25, -0.2) is 8.42 Å². The third-order valence-electron chi connectivity index (χ3n) is 2.54. The van der Waals surface area contributed by atoms with Crippen LogP contribution in [0.5, 0.6) is 0 Å². The van der Waals surface area contributed by atoms with E-state index in [-0.39, 0.29) is 5.75 Å². The van der Waals surface area contributed by atoms with Crippen molar-refractivity contribution < 1.29 is 8.42 Å². The van der Waals surface area contributed by atoms with Crippen molar-refractivity contribution in [1.29, 1.82) is 0 Å². The average Bonchev–Trinajstić information content (AvgIpc) is 2.29. The van der Waals surface area contributed by atoms with Crippen molar-refractivity contribution in [3.05, 3.63) is 58.1 Å². The number of halogens is 2. The average molecular weight is 331 g/mol. The molecule has 2 rings (SSSR count). The highest BCUT2D eigenvalue weighted by molar-refractivity contribution is 7.91. The first kappa shape index (κ1) is 15.0. The molecule has 0 amide bonds. The first-order chi connectivity index (χ1) is 9.35. The summed E-state index contributed by atoms with van der Waals surface area (Å²) in [6, 6.07) is 11.3. The molecular formula is C13H12Cl2N2O2S. The summed E-state index contributed by atoms with van der Waals surface area (Å²) >= 11 is 11.7. The molecule has 2 aromatic rings. The van der Waals surface area contributed by atoms with Crippen LogP contribution in [0.1, 0.15) is 5.56 Å². The van der Waals surface area contributed by atoms with E-state index >= 15 is 0 Å². The fourth-order valence-electron chi connectivity index (χ4n) is 1.70. The number of nitrogens with one attached hydrogen (secondary N) is 1. The first-order valence-corrected chi connectivity index (χ1v) is 8.06. The van der Waals surface area contributed by atoms with Gasteiger partial charge in [-0.2, -0.15) is 0 Å². The Morgan fingerprint density at radius 1 is 1.05 bits per heavy atom. The maximum atomic E-state index is 12.1. The minimum atomic E-state index is -3.59. The summed E-state index contributed by atoms with van der Waals surface area (Å²) in [5.41, 5.74) is 7.02. The van der Waals surface area contributed by atoms with Crippen LogP contribution >= 0.6 is 23.2 Å². The molecule has 0 unspecified atom stereocenters. The lowest BCUT2D eigenvalue weighted by Gasteiger charge is -2.10. The van der Waals surface area contributed by atoms with Gasteiger partial charge < -0.3 is 5.73 Å². The third kappa shape index (κ3) is 4.03. The van der Waals surface area contributed by atoms with Gasteiger partial charge in [0.05, 0.1) is 11.4 Å². The van der Waals surface area contributed by atoms with Crippen LogP contribution in [0.3, 0.4) is 0 Å². The monoisotopic (exact) mass is 330 g/mol. The molecule has 0 fully saturated rings. The van der Waals surface area contributed by atoms with Crippen molar-refractivity contribution in [3.63, 3.8) is 0 Å². The predicted octanol–water partition coefficient (Wildman–Crippen LogP) is 3.52. The summed E-state index contributed by atoms with van der Waals surface area (Å²) in [6.45, 7) is 0. The number of hydrogen-bond acceptors (Lipinski definition) is 3. The number of nitrogens with two attached hydrogens (primary N) is 1. The molecule has 0 spiro atoms. The van der Waals surface area contributed by atoms with E-state index in [9.17, 15) is 8.42 Å². The number of benzene rings is 2. The van der Waals surface area contributed by atoms with Crippen LogP contribution in [0.15, 0.2) is 42.5 Å². The van der Waals surface area contributed by atoms with Crippen LogP contribution in [0, 0.1) is 0 Å². The molecule has 20 heavy (non-hydrogen) atoms. The zero-order chi connectivity index (χ0) is 14.8. The molecular weight excluding hydrogens is 319 g/mol. The molecule has 0 saturated heterocycles. The number of rotatable bonds is 4. The van der Waals surface area contributed by atoms with Gasteiger partial charge in [-0.15, -0.1) is 0 Å². The van der Waals surface area contributed by atoms with Gasteiger partial charge in [0.25, 0.3) is 0 Å². The number of para-hydroxylation sites is 1. The third-order valence-corrected chi connectivity index (χ3v) is 4.21. The molecule has 4 nitrogen and oxygen atoms in total. The minimum Gasteiger partial charge on any atom is -0.398 e. The van der Waals surface area contributed by atoms with Crippen molar-refractivity contribution in [3.8, 4) is 0 Å². The number of nitrogen functional groups attached to an aromatic ring is 1. The summed E-state index contributed by atoms with van der Waals surface area (Å²) < 4.78 is 26.6.